The van der Waals surface area contributed by atoms with Crippen molar-refractivity contribution in [1.82, 2.24) is 19.7 Å². The fourth-order valence-corrected chi connectivity index (χ4v) is 3.76. The number of aromatic nitrogens is 4. The zero-order valence-corrected chi connectivity index (χ0v) is 18.3. The smallest absolute Gasteiger partial charge is 0.265 e. The van der Waals surface area contributed by atoms with Crippen molar-refractivity contribution in [2.24, 2.45) is 5.10 Å². The normalized spacial score (nSPS) is 11.3. The van der Waals surface area contributed by atoms with Crippen molar-refractivity contribution < 1.29 is 9.47 Å². The second-order valence-corrected chi connectivity index (χ2v) is 7.37. The number of fused-ring (bicyclic) bond motifs is 3. The highest BCUT2D eigenvalue weighted by atomic mass is 16.5. The second kappa shape index (κ2) is 8.96. The van der Waals surface area contributed by atoms with Crippen LogP contribution in [-0.4, -0.2) is 40.2 Å². The van der Waals surface area contributed by atoms with E-state index in [1.807, 2.05) is 48.5 Å². The molecular weight excluding hydrogens is 416 g/mol. The predicted octanol–water partition coefficient (Wildman–Crippen LogP) is 4.49. The van der Waals surface area contributed by atoms with E-state index in [1.54, 1.807) is 26.5 Å². The summed E-state index contributed by atoms with van der Waals surface area (Å²) in [4.78, 5) is 4.72. The summed E-state index contributed by atoms with van der Waals surface area (Å²) in [6.07, 6.45) is 1.64. The molecule has 0 aliphatic heterocycles. The first kappa shape index (κ1) is 20.4. The van der Waals surface area contributed by atoms with Crippen LogP contribution in [0.4, 0.5) is 5.95 Å². The first-order valence-corrected chi connectivity index (χ1v) is 10.4. The molecule has 3 aromatic carbocycles. The largest absolute Gasteiger partial charge is 0.497 e. The first-order valence-electron chi connectivity index (χ1n) is 10.4. The standard InChI is InChI=1S/C25H22N6O2/c1-32-19-13-12-18(22(14-19)33-2)15-26-29-25-27-24-23(28-30-25)20-10-6-7-11-21(20)31(24)16-17-8-4-3-5-9-17/h3-15H,16H2,1-2H3,(H,27,29,30)/b26-15+. The number of methoxy groups -OCH3 is 2. The maximum Gasteiger partial charge on any atom is 0.265 e. The molecule has 2 aromatic heterocycles. The van der Waals surface area contributed by atoms with Crippen LogP contribution in [0.25, 0.3) is 22.1 Å². The molecule has 0 spiro atoms. The molecule has 0 aliphatic rings. The van der Waals surface area contributed by atoms with Gasteiger partial charge in [-0.3, -0.25) is 0 Å². The molecule has 0 radical (unpaired) electrons. The third-order valence-corrected chi connectivity index (χ3v) is 5.37. The summed E-state index contributed by atoms with van der Waals surface area (Å²) in [6.45, 7) is 0.676. The van der Waals surface area contributed by atoms with Crippen LogP contribution >= 0.6 is 0 Å². The number of benzene rings is 3. The van der Waals surface area contributed by atoms with Gasteiger partial charge in [0.15, 0.2) is 5.65 Å². The molecule has 33 heavy (non-hydrogen) atoms. The maximum atomic E-state index is 5.41. The minimum Gasteiger partial charge on any atom is -0.497 e. The van der Waals surface area contributed by atoms with Gasteiger partial charge in [0.05, 0.1) is 26.0 Å². The number of rotatable bonds is 7. The second-order valence-electron chi connectivity index (χ2n) is 7.37. The van der Waals surface area contributed by atoms with Crippen molar-refractivity contribution in [3.8, 4) is 11.5 Å². The number of para-hydroxylation sites is 1. The van der Waals surface area contributed by atoms with Crippen molar-refractivity contribution in [3.63, 3.8) is 0 Å². The average Bonchev–Trinajstić information content (AvgIpc) is 3.17. The summed E-state index contributed by atoms with van der Waals surface area (Å²) < 4.78 is 12.8. The Labute approximate surface area is 190 Å². The van der Waals surface area contributed by atoms with Gasteiger partial charge in [0.2, 0.25) is 0 Å². The highest BCUT2D eigenvalue weighted by Gasteiger charge is 2.14. The van der Waals surface area contributed by atoms with E-state index in [1.165, 1.54) is 5.56 Å². The molecule has 0 amide bonds. The number of hydrogen-bond donors (Lipinski definition) is 1. The summed E-state index contributed by atoms with van der Waals surface area (Å²) in [6, 6.07) is 23.9. The average molecular weight is 438 g/mol. The van der Waals surface area contributed by atoms with Gasteiger partial charge in [-0.15, -0.1) is 10.2 Å². The molecule has 5 rings (SSSR count). The van der Waals surface area contributed by atoms with Crippen LogP contribution in [0.5, 0.6) is 11.5 Å². The molecule has 0 bridgehead atoms. The van der Waals surface area contributed by atoms with E-state index < -0.39 is 0 Å². The summed E-state index contributed by atoms with van der Waals surface area (Å²) in [5.41, 5.74) is 7.41. The topological polar surface area (TPSA) is 86.5 Å². The number of nitrogens with one attached hydrogen (secondary N) is 1. The Kier molecular flexibility index (Phi) is 5.55. The van der Waals surface area contributed by atoms with Crippen LogP contribution in [-0.2, 0) is 6.54 Å². The van der Waals surface area contributed by atoms with Crippen LogP contribution < -0.4 is 14.9 Å². The molecule has 2 heterocycles. The van der Waals surface area contributed by atoms with E-state index in [2.05, 4.69) is 43.5 Å². The van der Waals surface area contributed by atoms with Gasteiger partial charge in [-0.2, -0.15) is 10.1 Å². The molecule has 1 N–H and O–H groups in total. The van der Waals surface area contributed by atoms with E-state index in [4.69, 9.17) is 14.5 Å². The Hall–Kier alpha value is -4.46. The number of anilines is 1. The lowest BCUT2D eigenvalue weighted by Gasteiger charge is -2.07. The van der Waals surface area contributed by atoms with Crippen molar-refractivity contribution >= 4 is 34.2 Å². The number of ether oxygens (including phenoxy) is 2. The minimum atomic E-state index is 0.309. The molecule has 0 saturated carbocycles. The quantitative estimate of drug-likeness (QED) is 0.298. The van der Waals surface area contributed by atoms with Crippen molar-refractivity contribution in [2.45, 2.75) is 6.54 Å². The Morgan fingerprint density at radius 2 is 1.76 bits per heavy atom. The van der Waals surface area contributed by atoms with Gasteiger partial charge in [0.1, 0.15) is 17.0 Å². The molecule has 0 fully saturated rings. The van der Waals surface area contributed by atoms with E-state index in [-0.39, 0.29) is 0 Å². The fraction of sp³-hybridized carbons (Fsp3) is 0.120. The Bertz CT molecular complexity index is 1450. The van der Waals surface area contributed by atoms with Gasteiger partial charge in [-0.05, 0) is 23.8 Å². The molecular formula is C25H22N6O2. The van der Waals surface area contributed by atoms with Crippen LogP contribution in [0.1, 0.15) is 11.1 Å². The van der Waals surface area contributed by atoms with Gasteiger partial charge in [-0.25, -0.2) is 5.43 Å². The summed E-state index contributed by atoms with van der Waals surface area (Å²) in [7, 11) is 3.22. The number of hydrazone groups is 1. The van der Waals surface area contributed by atoms with Crippen LogP contribution in [0.15, 0.2) is 77.9 Å². The molecule has 8 heteroatoms. The number of nitrogens with zero attached hydrogens (tertiary/aromatic N) is 5. The monoisotopic (exact) mass is 438 g/mol. The van der Waals surface area contributed by atoms with Crippen molar-refractivity contribution in [3.05, 3.63) is 83.9 Å². The summed E-state index contributed by atoms with van der Waals surface area (Å²) in [5.74, 6) is 1.67. The van der Waals surface area contributed by atoms with Gasteiger partial charge in [0, 0.05) is 23.6 Å². The summed E-state index contributed by atoms with van der Waals surface area (Å²) >= 11 is 0. The Morgan fingerprint density at radius 3 is 2.58 bits per heavy atom. The zero-order valence-electron chi connectivity index (χ0n) is 18.3. The van der Waals surface area contributed by atoms with Crippen molar-refractivity contribution in [1.29, 1.82) is 0 Å². The lowest BCUT2D eigenvalue weighted by Crippen LogP contribution is -2.04. The van der Waals surface area contributed by atoms with E-state index in [0.29, 0.717) is 24.0 Å². The van der Waals surface area contributed by atoms with E-state index in [9.17, 15) is 0 Å². The van der Waals surface area contributed by atoms with E-state index >= 15 is 0 Å². The lowest BCUT2D eigenvalue weighted by molar-refractivity contribution is 0.394. The number of hydrogen-bond acceptors (Lipinski definition) is 7. The van der Waals surface area contributed by atoms with Gasteiger partial charge in [0.25, 0.3) is 5.95 Å². The molecule has 0 atom stereocenters. The van der Waals surface area contributed by atoms with Crippen LogP contribution in [0, 0.1) is 0 Å². The minimum absolute atomic E-state index is 0.309. The Morgan fingerprint density at radius 1 is 0.939 bits per heavy atom. The molecule has 0 unspecified atom stereocenters. The molecule has 8 nitrogen and oxygen atoms in total. The first-order chi connectivity index (χ1) is 16.3. The maximum absolute atomic E-state index is 5.41. The lowest BCUT2D eigenvalue weighted by atomic mass is 10.2. The molecule has 0 aliphatic carbocycles. The van der Waals surface area contributed by atoms with Crippen LogP contribution in [0.3, 0.4) is 0 Å². The van der Waals surface area contributed by atoms with Crippen LogP contribution in [0.2, 0.25) is 0 Å². The Balaban J connectivity index is 1.48. The van der Waals surface area contributed by atoms with Gasteiger partial charge in [-0.1, -0.05) is 48.5 Å². The van der Waals surface area contributed by atoms with Gasteiger partial charge < -0.3 is 14.0 Å². The predicted molar refractivity (Wildman–Crippen MR) is 129 cm³/mol. The third kappa shape index (κ3) is 4.06. The molecule has 5 aromatic rings. The third-order valence-electron chi connectivity index (χ3n) is 5.37. The highest BCUT2D eigenvalue weighted by molar-refractivity contribution is 6.04. The highest BCUT2D eigenvalue weighted by Crippen LogP contribution is 2.27. The zero-order chi connectivity index (χ0) is 22.6. The van der Waals surface area contributed by atoms with Crippen molar-refractivity contribution in [2.75, 3.05) is 19.6 Å². The van der Waals surface area contributed by atoms with Gasteiger partial charge >= 0.3 is 0 Å². The molecule has 0 saturated heterocycles. The SMILES string of the molecule is COc1ccc(/C=N/Nc2nnc3c4ccccc4n(Cc4ccccc4)c3n2)c(OC)c1. The van der Waals surface area contributed by atoms with E-state index in [0.717, 1.165) is 27.6 Å². The fourth-order valence-electron chi connectivity index (χ4n) is 3.76. The summed E-state index contributed by atoms with van der Waals surface area (Å²) in [5, 5.41) is 14.0. The molecule has 164 valence electrons.